The van der Waals surface area contributed by atoms with Crippen molar-refractivity contribution in [3.05, 3.63) is 12.2 Å². The maximum Gasteiger partial charge on any atom is 0.408 e. The predicted molar refractivity (Wildman–Crippen MR) is 110 cm³/mol. The first-order chi connectivity index (χ1) is 14.4. The van der Waals surface area contributed by atoms with Crippen molar-refractivity contribution in [2.45, 2.75) is 101 Å². The number of hydrogen-bond acceptors (Lipinski definition) is 7. The van der Waals surface area contributed by atoms with Crippen molar-refractivity contribution in [2.24, 2.45) is 0 Å². The van der Waals surface area contributed by atoms with Gasteiger partial charge >= 0.3 is 12.1 Å². The number of aliphatic hydroxyl groups excluding tert-OH is 2. The van der Waals surface area contributed by atoms with Crippen molar-refractivity contribution in [2.75, 3.05) is 6.61 Å². The fourth-order valence-electron chi connectivity index (χ4n) is 3.90. The van der Waals surface area contributed by atoms with E-state index in [9.17, 15) is 24.6 Å². The molecule has 0 aromatic rings. The number of alkyl carbamates (subject to hydrolysis) is 1. The lowest BCUT2D eigenvalue weighted by molar-refractivity contribution is -0.149. The number of cyclic esters (lactones) is 1. The third kappa shape index (κ3) is 6.28. The van der Waals surface area contributed by atoms with Gasteiger partial charge in [-0.3, -0.25) is 10.1 Å². The van der Waals surface area contributed by atoms with Crippen LogP contribution in [0.1, 0.15) is 77.6 Å². The molecule has 0 aromatic heterocycles. The van der Waals surface area contributed by atoms with Crippen LogP contribution >= 0.6 is 0 Å². The van der Waals surface area contributed by atoms with Gasteiger partial charge in [-0.2, -0.15) is 0 Å². The Hall–Kier alpha value is -1.93. The minimum Gasteiger partial charge on any atom is -0.453 e. The van der Waals surface area contributed by atoms with Crippen LogP contribution in [0.25, 0.3) is 0 Å². The number of amides is 1. The van der Waals surface area contributed by atoms with Gasteiger partial charge in [-0.1, -0.05) is 51.2 Å². The molecule has 0 saturated carbocycles. The van der Waals surface area contributed by atoms with Crippen LogP contribution in [0.3, 0.4) is 0 Å². The monoisotopic (exact) mass is 425 g/mol. The number of nitrogens with one attached hydrogen (secondary N) is 1. The molecule has 4 atom stereocenters. The average molecular weight is 426 g/mol. The lowest BCUT2D eigenvalue weighted by Crippen LogP contribution is -2.55. The summed E-state index contributed by atoms with van der Waals surface area (Å²) in [6.07, 6.45) is 9.75. The van der Waals surface area contributed by atoms with Crippen molar-refractivity contribution in [3.63, 3.8) is 0 Å². The maximum absolute atomic E-state index is 12.0. The molecule has 2 fully saturated rings. The third-order valence-corrected chi connectivity index (χ3v) is 5.76. The van der Waals surface area contributed by atoms with Crippen molar-refractivity contribution in [1.29, 1.82) is 0 Å². The molecule has 0 bridgehead atoms. The van der Waals surface area contributed by atoms with Gasteiger partial charge in [0.15, 0.2) is 12.2 Å². The SMILES string of the molecule is CCCCCCC(=O)CCCCCC/C=C/[C@H](O)[C@@H]1OC(=O)[C@@]2(CO)NC(=O)O[C@@H]12. The van der Waals surface area contributed by atoms with E-state index in [2.05, 4.69) is 12.2 Å². The van der Waals surface area contributed by atoms with Gasteiger partial charge in [0.25, 0.3) is 0 Å². The Morgan fingerprint density at radius 3 is 2.43 bits per heavy atom. The fraction of sp³-hybridized carbons (Fsp3) is 0.773. The van der Waals surface area contributed by atoms with Gasteiger partial charge in [-0.15, -0.1) is 0 Å². The van der Waals surface area contributed by atoms with Crippen molar-refractivity contribution in [3.8, 4) is 0 Å². The van der Waals surface area contributed by atoms with Crippen LogP contribution in [-0.2, 0) is 19.1 Å². The number of hydrogen-bond donors (Lipinski definition) is 3. The molecule has 2 aliphatic rings. The number of carbonyl (C=O) groups excluding carboxylic acids is 3. The van der Waals surface area contributed by atoms with Crippen molar-refractivity contribution >= 4 is 17.8 Å². The third-order valence-electron chi connectivity index (χ3n) is 5.76. The predicted octanol–water partition coefficient (Wildman–Crippen LogP) is 2.55. The van der Waals surface area contributed by atoms with Crippen LogP contribution in [0, 0.1) is 0 Å². The summed E-state index contributed by atoms with van der Waals surface area (Å²) in [6, 6.07) is 0. The summed E-state index contributed by atoms with van der Waals surface area (Å²) in [5, 5.41) is 22.1. The highest BCUT2D eigenvalue weighted by Gasteiger charge is 2.66. The number of fused-ring (bicyclic) bond motifs is 1. The molecule has 2 saturated heterocycles. The standard InChI is InChI=1S/C22H35NO7/c1-2-3-4-9-12-16(25)13-10-7-5-6-8-11-14-17(26)18-19-22(15-24,20(27)29-18)23-21(28)30-19/h11,14,17-19,24,26H,2-10,12-13,15H2,1H3,(H,23,28)/b14-11+/t17-,18-,19-,22-/m0/s1. The Morgan fingerprint density at radius 2 is 1.77 bits per heavy atom. The Morgan fingerprint density at radius 1 is 1.10 bits per heavy atom. The molecule has 8 nitrogen and oxygen atoms in total. The van der Waals surface area contributed by atoms with Crippen LogP contribution < -0.4 is 5.32 Å². The number of esters is 1. The van der Waals surface area contributed by atoms with E-state index >= 15 is 0 Å². The smallest absolute Gasteiger partial charge is 0.408 e. The largest absolute Gasteiger partial charge is 0.453 e. The fourth-order valence-corrected chi connectivity index (χ4v) is 3.90. The second-order valence-corrected chi connectivity index (χ2v) is 8.17. The Kier molecular flexibility index (Phi) is 9.78. The zero-order valence-electron chi connectivity index (χ0n) is 17.8. The van der Waals surface area contributed by atoms with E-state index in [1.54, 1.807) is 6.08 Å². The summed E-state index contributed by atoms with van der Waals surface area (Å²) in [5.74, 6) is -0.445. The van der Waals surface area contributed by atoms with Gasteiger partial charge in [0.1, 0.15) is 11.9 Å². The number of unbranched alkanes of at least 4 members (excludes halogenated alkanes) is 7. The highest BCUT2D eigenvalue weighted by molar-refractivity contribution is 5.92. The zero-order chi connectivity index (χ0) is 22.0. The molecule has 0 aliphatic carbocycles. The number of ketones is 1. The molecule has 2 heterocycles. The lowest BCUT2D eigenvalue weighted by atomic mass is 9.91. The van der Waals surface area contributed by atoms with Crippen molar-refractivity contribution < 1.29 is 34.1 Å². The Bertz CT molecular complexity index is 621. The molecule has 2 aliphatic heterocycles. The first-order valence-corrected chi connectivity index (χ1v) is 11.1. The summed E-state index contributed by atoms with van der Waals surface area (Å²) in [5.41, 5.74) is -1.63. The molecular formula is C22H35NO7. The van der Waals surface area contributed by atoms with Gasteiger partial charge in [-0.25, -0.2) is 9.59 Å². The lowest BCUT2D eigenvalue weighted by Gasteiger charge is -2.21. The molecule has 30 heavy (non-hydrogen) atoms. The summed E-state index contributed by atoms with van der Waals surface area (Å²) in [6.45, 7) is 1.50. The van der Waals surface area contributed by atoms with Crippen LogP contribution in [0.2, 0.25) is 0 Å². The highest BCUT2D eigenvalue weighted by atomic mass is 16.6. The van der Waals surface area contributed by atoms with Gasteiger partial charge in [0, 0.05) is 12.8 Å². The highest BCUT2D eigenvalue weighted by Crippen LogP contribution is 2.35. The normalized spacial score (nSPS) is 26.4. The molecule has 3 N–H and O–H groups in total. The second kappa shape index (κ2) is 12.1. The van der Waals surface area contributed by atoms with E-state index in [1.807, 2.05) is 0 Å². The molecule has 0 spiro atoms. The molecule has 8 heteroatoms. The maximum atomic E-state index is 12.0. The second-order valence-electron chi connectivity index (χ2n) is 8.17. The first kappa shape index (κ1) is 24.3. The minimum absolute atomic E-state index is 0.362. The van der Waals surface area contributed by atoms with Crippen LogP contribution in [0.15, 0.2) is 12.2 Å². The number of carbonyl (C=O) groups is 3. The molecule has 0 aromatic carbocycles. The van der Waals surface area contributed by atoms with E-state index in [1.165, 1.54) is 18.9 Å². The van der Waals surface area contributed by atoms with E-state index in [4.69, 9.17) is 9.47 Å². The Balaban J connectivity index is 1.60. The number of ether oxygens (including phenoxy) is 2. The summed E-state index contributed by atoms with van der Waals surface area (Å²) in [4.78, 5) is 35.3. The van der Waals surface area contributed by atoms with Crippen LogP contribution in [0.4, 0.5) is 4.79 Å². The van der Waals surface area contributed by atoms with Crippen LogP contribution in [-0.4, -0.2) is 58.5 Å². The number of aliphatic hydroxyl groups is 2. The number of rotatable bonds is 15. The summed E-state index contributed by atoms with van der Waals surface area (Å²) < 4.78 is 10.2. The van der Waals surface area contributed by atoms with Gasteiger partial charge < -0.3 is 19.7 Å². The minimum atomic E-state index is -1.63. The zero-order valence-corrected chi connectivity index (χ0v) is 17.8. The molecule has 170 valence electrons. The van der Waals surface area contributed by atoms with E-state index < -0.39 is 42.5 Å². The number of Topliss-reactive ketones (excluding diaryl/α,β-unsaturated/α-hetero) is 1. The van der Waals surface area contributed by atoms with Gasteiger partial charge in [0.2, 0.25) is 5.54 Å². The number of allylic oxidation sites excluding steroid dienone is 1. The average Bonchev–Trinajstić information content (AvgIpc) is 3.20. The molecular weight excluding hydrogens is 390 g/mol. The molecule has 2 rings (SSSR count). The van der Waals surface area contributed by atoms with Gasteiger partial charge in [-0.05, 0) is 25.7 Å². The molecule has 0 unspecified atom stereocenters. The van der Waals surface area contributed by atoms with Crippen LogP contribution in [0.5, 0.6) is 0 Å². The topological polar surface area (TPSA) is 122 Å². The molecule has 1 amide bonds. The summed E-state index contributed by atoms with van der Waals surface area (Å²) >= 11 is 0. The quantitative estimate of drug-likeness (QED) is 0.209. The Labute approximate surface area is 178 Å². The van der Waals surface area contributed by atoms with E-state index in [-0.39, 0.29) is 0 Å². The summed E-state index contributed by atoms with van der Waals surface area (Å²) in [7, 11) is 0. The van der Waals surface area contributed by atoms with E-state index in [0.29, 0.717) is 18.6 Å². The van der Waals surface area contributed by atoms with Gasteiger partial charge in [0.05, 0.1) is 6.61 Å². The first-order valence-electron chi connectivity index (χ1n) is 11.1. The van der Waals surface area contributed by atoms with Crippen molar-refractivity contribution in [1.82, 2.24) is 5.32 Å². The molecule has 0 radical (unpaired) electrons. The van der Waals surface area contributed by atoms with E-state index in [0.717, 1.165) is 44.9 Å².